The number of carbonyl (C=O) groups excluding carboxylic acids is 1. The van der Waals surface area contributed by atoms with Crippen LogP contribution in [0.25, 0.3) is 0 Å². The number of rotatable bonds is 7. The van der Waals surface area contributed by atoms with E-state index in [1.54, 1.807) is 12.1 Å². The summed E-state index contributed by atoms with van der Waals surface area (Å²) in [5, 5.41) is 0.627. The minimum absolute atomic E-state index is 0.213. The second-order valence-electron chi connectivity index (χ2n) is 5.39. The lowest BCUT2D eigenvalue weighted by molar-refractivity contribution is -0.138. The van der Waals surface area contributed by atoms with Gasteiger partial charge in [-0.15, -0.1) is 12.3 Å². The molecule has 2 aromatic rings. The molecule has 0 aliphatic heterocycles. The highest BCUT2D eigenvalue weighted by Crippen LogP contribution is 2.34. The molecular formula is C21H19ClO3. The van der Waals surface area contributed by atoms with E-state index >= 15 is 0 Å². The van der Waals surface area contributed by atoms with Crippen LogP contribution in [-0.2, 0) is 14.3 Å². The predicted molar refractivity (Wildman–Crippen MR) is 99.1 cm³/mol. The lowest BCUT2D eigenvalue weighted by atomic mass is 10.0. The van der Waals surface area contributed by atoms with Gasteiger partial charge in [-0.2, -0.15) is 0 Å². The SMILES string of the molecule is C#CCC(OC(C(=C)C(=O)OC)c1ccccc1)c1ccc(Cl)cc1. The Hall–Kier alpha value is -2.54. The van der Waals surface area contributed by atoms with Crippen molar-refractivity contribution in [3.63, 3.8) is 0 Å². The van der Waals surface area contributed by atoms with Crippen LogP contribution in [0, 0.1) is 12.3 Å². The van der Waals surface area contributed by atoms with E-state index < -0.39 is 18.2 Å². The highest BCUT2D eigenvalue weighted by Gasteiger charge is 2.26. The van der Waals surface area contributed by atoms with Crippen molar-refractivity contribution < 1.29 is 14.3 Å². The van der Waals surface area contributed by atoms with Crippen molar-refractivity contribution in [1.29, 1.82) is 0 Å². The number of ether oxygens (including phenoxy) is 2. The highest BCUT2D eigenvalue weighted by atomic mass is 35.5. The molecule has 128 valence electrons. The van der Waals surface area contributed by atoms with Crippen molar-refractivity contribution in [2.75, 3.05) is 7.11 Å². The summed E-state index contributed by atoms with van der Waals surface area (Å²) >= 11 is 5.95. The highest BCUT2D eigenvalue weighted by molar-refractivity contribution is 6.30. The zero-order valence-corrected chi connectivity index (χ0v) is 14.7. The third-order valence-electron chi connectivity index (χ3n) is 3.71. The van der Waals surface area contributed by atoms with Gasteiger partial charge >= 0.3 is 5.97 Å². The number of benzene rings is 2. The van der Waals surface area contributed by atoms with Crippen LogP contribution in [0.15, 0.2) is 66.7 Å². The van der Waals surface area contributed by atoms with Crippen molar-refractivity contribution in [3.05, 3.63) is 82.9 Å². The molecule has 3 nitrogen and oxygen atoms in total. The average molecular weight is 355 g/mol. The summed E-state index contributed by atoms with van der Waals surface area (Å²) in [5.74, 6) is 2.09. The van der Waals surface area contributed by atoms with E-state index in [9.17, 15) is 4.79 Å². The van der Waals surface area contributed by atoms with Gasteiger partial charge in [-0.25, -0.2) is 4.79 Å². The van der Waals surface area contributed by atoms with Gasteiger partial charge in [-0.05, 0) is 23.3 Å². The normalized spacial score (nSPS) is 12.7. The molecule has 0 amide bonds. The summed E-state index contributed by atoms with van der Waals surface area (Å²) < 4.78 is 11.0. The Bertz CT molecular complexity index is 760. The third-order valence-corrected chi connectivity index (χ3v) is 3.96. The number of hydrogen-bond acceptors (Lipinski definition) is 3. The molecule has 0 bridgehead atoms. The molecule has 0 N–H and O–H groups in total. The molecule has 2 rings (SSSR count). The summed E-state index contributed by atoms with van der Waals surface area (Å²) in [6, 6.07) is 16.6. The Balaban J connectivity index is 2.35. The van der Waals surface area contributed by atoms with Gasteiger partial charge in [-0.1, -0.05) is 60.6 Å². The zero-order chi connectivity index (χ0) is 18.2. The summed E-state index contributed by atoms with van der Waals surface area (Å²) in [4.78, 5) is 12.0. The third kappa shape index (κ3) is 4.96. The maximum absolute atomic E-state index is 12.0. The molecular weight excluding hydrogens is 336 g/mol. The van der Waals surface area contributed by atoms with Crippen molar-refractivity contribution in [2.45, 2.75) is 18.6 Å². The van der Waals surface area contributed by atoms with E-state index in [2.05, 4.69) is 12.5 Å². The number of hydrogen-bond donors (Lipinski definition) is 0. The number of esters is 1. The van der Waals surface area contributed by atoms with Gasteiger partial charge < -0.3 is 9.47 Å². The fourth-order valence-electron chi connectivity index (χ4n) is 2.42. The quantitative estimate of drug-likeness (QED) is 0.403. The molecule has 0 aromatic heterocycles. The molecule has 0 saturated heterocycles. The Morgan fingerprint density at radius 2 is 1.80 bits per heavy atom. The topological polar surface area (TPSA) is 35.5 Å². The van der Waals surface area contributed by atoms with Gasteiger partial charge in [0.05, 0.1) is 18.8 Å². The molecule has 4 heteroatoms. The molecule has 0 spiro atoms. The Kier molecular flexibility index (Phi) is 6.82. The first-order chi connectivity index (χ1) is 12.1. The average Bonchev–Trinajstić information content (AvgIpc) is 2.65. The van der Waals surface area contributed by atoms with Crippen molar-refractivity contribution >= 4 is 17.6 Å². The Morgan fingerprint density at radius 1 is 1.16 bits per heavy atom. The van der Waals surface area contributed by atoms with E-state index in [-0.39, 0.29) is 5.57 Å². The molecule has 0 fully saturated rings. The van der Waals surface area contributed by atoms with Crippen LogP contribution >= 0.6 is 11.6 Å². The number of halogens is 1. The van der Waals surface area contributed by atoms with Gasteiger partial charge in [0.15, 0.2) is 0 Å². The molecule has 0 radical (unpaired) electrons. The van der Waals surface area contributed by atoms with Gasteiger partial charge in [0, 0.05) is 11.4 Å². The van der Waals surface area contributed by atoms with E-state index in [1.807, 2.05) is 42.5 Å². The summed E-state index contributed by atoms with van der Waals surface area (Å²) in [6.45, 7) is 3.85. The van der Waals surface area contributed by atoms with Crippen LogP contribution in [0.3, 0.4) is 0 Å². The maximum atomic E-state index is 12.0. The maximum Gasteiger partial charge on any atom is 0.336 e. The zero-order valence-electron chi connectivity index (χ0n) is 13.9. The molecule has 0 saturated carbocycles. The van der Waals surface area contributed by atoms with Crippen LogP contribution in [0.5, 0.6) is 0 Å². The van der Waals surface area contributed by atoms with Crippen molar-refractivity contribution in [1.82, 2.24) is 0 Å². The molecule has 0 aliphatic rings. The number of carbonyl (C=O) groups is 1. The molecule has 25 heavy (non-hydrogen) atoms. The predicted octanol–water partition coefficient (Wildman–Crippen LogP) is 4.89. The Morgan fingerprint density at radius 3 is 2.36 bits per heavy atom. The van der Waals surface area contributed by atoms with Crippen LogP contribution < -0.4 is 0 Å². The minimum atomic E-state index is -0.664. The van der Waals surface area contributed by atoms with Crippen LogP contribution in [0.4, 0.5) is 0 Å². The van der Waals surface area contributed by atoms with Crippen molar-refractivity contribution in [2.24, 2.45) is 0 Å². The van der Waals surface area contributed by atoms with Gasteiger partial charge in [0.1, 0.15) is 6.10 Å². The fourth-order valence-corrected chi connectivity index (χ4v) is 2.55. The van der Waals surface area contributed by atoms with E-state index in [0.717, 1.165) is 11.1 Å². The number of methoxy groups -OCH3 is 1. The first-order valence-electron chi connectivity index (χ1n) is 7.73. The minimum Gasteiger partial charge on any atom is -0.466 e. The van der Waals surface area contributed by atoms with E-state index in [1.165, 1.54) is 7.11 Å². The van der Waals surface area contributed by atoms with Crippen molar-refractivity contribution in [3.8, 4) is 12.3 Å². The second kappa shape index (κ2) is 9.08. The van der Waals surface area contributed by atoms with E-state index in [4.69, 9.17) is 27.5 Å². The molecule has 2 atom stereocenters. The lowest BCUT2D eigenvalue weighted by Crippen LogP contribution is -2.18. The Labute approximate surface area is 153 Å². The van der Waals surface area contributed by atoms with E-state index in [0.29, 0.717) is 11.4 Å². The summed E-state index contributed by atoms with van der Waals surface area (Å²) in [5.41, 5.74) is 1.89. The summed E-state index contributed by atoms with van der Waals surface area (Å²) in [7, 11) is 1.31. The largest absolute Gasteiger partial charge is 0.466 e. The smallest absolute Gasteiger partial charge is 0.336 e. The second-order valence-corrected chi connectivity index (χ2v) is 5.83. The molecule has 0 aliphatic carbocycles. The molecule has 2 aromatic carbocycles. The van der Waals surface area contributed by atoms with Crippen LogP contribution in [-0.4, -0.2) is 13.1 Å². The first kappa shape index (κ1) is 18.8. The fraction of sp³-hybridized carbons (Fsp3) is 0.190. The monoisotopic (exact) mass is 354 g/mol. The van der Waals surface area contributed by atoms with Crippen LogP contribution in [0.1, 0.15) is 29.8 Å². The standard InChI is InChI=1S/C21H19ClO3/c1-4-8-19(16-11-13-18(22)14-12-16)25-20(15(2)21(23)24-3)17-9-6-5-7-10-17/h1,5-7,9-14,19-20H,2,8H2,3H3. The van der Waals surface area contributed by atoms with Gasteiger partial charge in [0.2, 0.25) is 0 Å². The molecule has 2 unspecified atom stereocenters. The lowest BCUT2D eigenvalue weighted by Gasteiger charge is -2.25. The molecule has 0 heterocycles. The van der Waals surface area contributed by atoms with Crippen LogP contribution in [0.2, 0.25) is 5.02 Å². The van der Waals surface area contributed by atoms with Gasteiger partial charge in [0.25, 0.3) is 0 Å². The summed E-state index contributed by atoms with van der Waals surface area (Å²) in [6.07, 6.45) is 4.78. The van der Waals surface area contributed by atoms with Gasteiger partial charge in [-0.3, -0.25) is 0 Å². The first-order valence-corrected chi connectivity index (χ1v) is 8.11. The number of terminal acetylenes is 1.